The Morgan fingerprint density at radius 1 is 1.31 bits per heavy atom. The van der Waals surface area contributed by atoms with Gasteiger partial charge in [0.25, 0.3) is 0 Å². The van der Waals surface area contributed by atoms with E-state index in [9.17, 15) is 14.4 Å². The molecule has 3 rings (SSSR count). The van der Waals surface area contributed by atoms with Crippen molar-refractivity contribution in [2.75, 3.05) is 11.9 Å². The SMILES string of the molecule is Cc1c(Cl)cccc1NC(=O)CCN1C(=O)C2CCC(C)(C1=O)C2(C)C. The van der Waals surface area contributed by atoms with Crippen molar-refractivity contribution in [1.29, 1.82) is 0 Å². The predicted molar refractivity (Wildman–Crippen MR) is 101 cm³/mol. The van der Waals surface area contributed by atoms with Crippen LogP contribution in [0, 0.1) is 23.7 Å². The number of hydrogen-bond donors (Lipinski definition) is 1. The van der Waals surface area contributed by atoms with E-state index in [1.807, 2.05) is 27.7 Å². The second kappa shape index (κ2) is 6.38. The minimum absolute atomic E-state index is 0.0761. The number of anilines is 1. The van der Waals surface area contributed by atoms with E-state index in [0.29, 0.717) is 10.7 Å². The number of amides is 3. The zero-order chi connectivity index (χ0) is 19.3. The Kier molecular flexibility index (Phi) is 4.63. The van der Waals surface area contributed by atoms with Gasteiger partial charge >= 0.3 is 0 Å². The summed E-state index contributed by atoms with van der Waals surface area (Å²) in [7, 11) is 0. The Balaban J connectivity index is 1.68. The average Bonchev–Trinajstić information content (AvgIpc) is 2.76. The maximum Gasteiger partial charge on any atom is 0.235 e. The van der Waals surface area contributed by atoms with E-state index in [0.717, 1.165) is 18.4 Å². The number of piperidine rings is 1. The minimum atomic E-state index is -0.536. The van der Waals surface area contributed by atoms with Crippen LogP contribution in [-0.4, -0.2) is 29.2 Å². The molecule has 0 aromatic heterocycles. The molecular weight excluding hydrogens is 352 g/mol. The summed E-state index contributed by atoms with van der Waals surface area (Å²) in [4.78, 5) is 39.3. The molecule has 1 saturated heterocycles. The van der Waals surface area contributed by atoms with Crippen LogP contribution >= 0.6 is 11.6 Å². The molecule has 6 heteroatoms. The van der Waals surface area contributed by atoms with Crippen molar-refractivity contribution in [2.24, 2.45) is 16.7 Å². The van der Waals surface area contributed by atoms with Crippen LogP contribution in [0.15, 0.2) is 18.2 Å². The third kappa shape index (κ3) is 2.73. The fourth-order valence-corrected chi connectivity index (χ4v) is 4.46. The van der Waals surface area contributed by atoms with E-state index < -0.39 is 5.41 Å². The van der Waals surface area contributed by atoms with E-state index in [-0.39, 0.29) is 42.0 Å². The van der Waals surface area contributed by atoms with Crippen LogP contribution in [0.3, 0.4) is 0 Å². The maximum atomic E-state index is 13.0. The van der Waals surface area contributed by atoms with Crippen LogP contribution in [0.2, 0.25) is 5.02 Å². The van der Waals surface area contributed by atoms with Gasteiger partial charge in [-0.2, -0.15) is 0 Å². The number of hydrogen-bond acceptors (Lipinski definition) is 3. The van der Waals surface area contributed by atoms with Gasteiger partial charge < -0.3 is 5.32 Å². The van der Waals surface area contributed by atoms with Gasteiger partial charge in [0, 0.05) is 29.6 Å². The van der Waals surface area contributed by atoms with Gasteiger partial charge in [0.05, 0.1) is 5.41 Å². The Bertz CT molecular complexity index is 789. The van der Waals surface area contributed by atoms with Crippen LogP contribution in [-0.2, 0) is 14.4 Å². The highest BCUT2D eigenvalue weighted by Gasteiger charge is 2.64. The summed E-state index contributed by atoms with van der Waals surface area (Å²) in [5.74, 6) is -0.670. The fourth-order valence-electron chi connectivity index (χ4n) is 4.28. The summed E-state index contributed by atoms with van der Waals surface area (Å²) in [5, 5.41) is 3.39. The zero-order valence-electron chi connectivity index (χ0n) is 15.7. The van der Waals surface area contributed by atoms with Crippen molar-refractivity contribution < 1.29 is 14.4 Å². The molecule has 1 aromatic carbocycles. The third-order valence-corrected chi connectivity index (χ3v) is 7.02. The smallest absolute Gasteiger partial charge is 0.235 e. The molecule has 2 atom stereocenters. The second-order valence-electron chi connectivity index (χ2n) is 8.15. The number of carbonyl (C=O) groups excluding carboxylic acids is 3. The molecule has 1 aromatic rings. The first-order chi connectivity index (χ1) is 12.1. The summed E-state index contributed by atoms with van der Waals surface area (Å²) >= 11 is 6.07. The molecule has 0 radical (unpaired) electrons. The molecule has 2 bridgehead atoms. The number of likely N-dealkylation sites (tertiary alicyclic amines) is 1. The van der Waals surface area contributed by atoms with E-state index in [2.05, 4.69) is 5.32 Å². The molecule has 1 aliphatic carbocycles. The average molecular weight is 377 g/mol. The van der Waals surface area contributed by atoms with Gasteiger partial charge in [0.2, 0.25) is 17.7 Å². The van der Waals surface area contributed by atoms with Gasteiger partial charge in [-0.25, -0.2) is 0 Å². The molecule has 2 aliphatic rings. The summed E-state index contributed by atoms with van der Waals surface area (Å²) in [6.07, 6.45) is 1.53. The van der Waals surface area contributed by atoms with E-state index >= 15 is 0 Å². The lowest BCUT2D eigenvalue weighted by molar-refractivity contribution is -0.167. The molecule has 3 amide bonds. The number of nitrogens with one attached hydrogen (secondary N) is 1. The summed E-state index contributed by atoms with van der Waals surface area (Å²) in [5.41, 5.74) is 0.565. The molecule has 1 heterocycles. The summed E-state index contributed by atoms with van der Waals surface area (Å²) < 4.78 is 0. The molecule has 1 saturated carbocycles. The predicted octanol–water partition coefficient (Wildman–Crippen LogP) is 3.79. The van der Waals surface area contributed by atoms with E-state index in [4.69, 9.17) is 11.6 Å². The molecule has 26 heavy (non-hydrogen) atoms. The molecule has 2 fully saturated rings. The monoisotopic (exact) mass is 376 g/mol. The first-order valence-electron chi connectivity index (χ1n) is 9.00. The Morgan fingerprint density at radius 2 is 2.00 bits per heavy atom. The van der Waals surface area contributed by atoms with Crippen LogP contribution in [0.25, 0.3) is 0 Å². The van der Waals surface area contributed by atoms with Crippen molar-refractivity contribution in [3.05, 3.63) is 28.8 Å². The van der Waals surface area contributed by atoms with Crippen LogP contribution in [0.4, 0.5) is 5.69 Å². The first-order valence-corrected chi connectivity index (χ1v) is 9.38. The van der Waals surface area contributed by atoms with Crippen LogP contribution < -0.4 is 5.32 Å². The van der Waals surface area contributed by atoms with Crippen molar-refractivity contribution in [3.8, 4) is 0 Å². The van der Waals surface area contributed by atoms with Crippen molar-refractivity contribution in [3.63, 3.8) is 0 Å². The number of fused-ring (bicyclic) bond motifs is 2. The van der Waals surface area contributed by atoms with Gasteiger partial charge in [-0.05, 0) is 42.9 Å². The zero-order valence-corrected chi connectivity index (χ0v) is 16.4. The number of benzene rings is 1. The highest BCUT2D eigenvalue weighted by molar-refractivity contribution is 6.31. The second-order valence-corrected chi connectivity index (χ2v) is 8.56. The summed E-state index contributed by atoms with van der Waals surface area (Å²) in [6, 6.07) is 5.30. The minimum Gasteiger partial charge on any atom is -0.326 e. The summed E-state index contributed by atoms with van der Waals surface area (Å²) in [6.45, 7) is 7.91. The first kappa shape index (κ1) is 18.9. The molecule has 0 spiro atoms. The Morgan fingerprint density at radius 3 is 2.69 bits per heavy atom. The lowest BCUT2D eigenvalue weighted by Gasteiger charge is -2.47. The molecule has 1 aliphatic heterocycles. The van der Waals surface area contributed by atoms with Gasteiger partial charge in [-0.1, -0.05) is 38.4 Å². The van der Waals surface area contributed by atoms with Gasteiger partial charge in [0.1, 0.15) is 0 Å². The van der Waals surface area contributed by atoms with Gasteiger partial charge in [-0.3, -0.25) is 19.3 Å². The van der Waals surface area contributed by atoms with E-state index in [1.54, 1.807) is 18.2 Å². The topological polar surface area (TPSA) is 66.5 Å². The number of rotatable bonds is 4. The molecule has 2 unspecified atom stereocenters. The highest BCUT2D eigenvalue weighted by atomic mass is 35.5. The number of imide groups is 1. The lowest BCUT2D eigenvalue weighted by atomic mass is 9.62. The molecular formula is C20H25ClN2O3. The number of halogens is 1. The maximum absolute atomic E-state index is 13.0. The highest BCUT2D eigenvalue weighted by Crippen LogP contribution is 2.60. The normalized spacial score (nSPS) is 27.0. The van der Waals surface area contributed by atoms with Gasteiger partial charge in [0.15, 0.2) is 0 Å². The molecule has 140 valence electrons. The number of carbonyl (C=O) groups is 3. The Labute approximate surface area is 159 Å². The van der Waals surface area contributed by atoms with E-state index in [1.165, 1.54) is 4.90 Å². The largest absolute Gasteiger partial charge is 0.326 e. The van der Waals surface area contributed by atoms with Crippen LogP contribution in [0.5, 0.6) is 0 Å². The lowest BCUT2D eigenvalue weighted by Crippen LogP contribution is -2.59. The fraction of sp³-hybridized carbons (Fsp3) is 0.550. The van der Waals surface area contributed by atoms with Crippen molar-refractivity contribution in [2.45, 2.75) is 47.0 Å². The molecule has 1 N–H and O–H groups in total. The van der Waals surface area contributed by atoms with Gasteiger partial charge in [-0.15, -0.1) is 0 Å². The molecule has 5 nitrogen and oxygen atoms in total. The quantitative estimate of drug-likeness (QED) is 0.813. The number of nitrogens with zero attached hydrogens (tertiary/aromatic N) is 1. The third-order valence-electron chi connectivity index (χ3n) is 6.61. The van der Waals surface area contributed by atoms with Crippen molar-refractivity contribution in [1.82, 2.24) is 4.90 Å². The standard InChI is InChI=1S/C20H25ClN2O3/c1-12-14(21)6-5-7-15(12)22-16(24)9-11-23-17(25)13-8-10-20(4,18(23)26)19(13,2)3/h5-7,13H,8-11H2,1-4H3,(H,22,24). The van der Waals surface area contributed by atoms with Crippen LogP contribution in [0.1, 0.15) is 45.6 Å². The van der Waals surface area contributed by atoms with Crippen molar-refractivity contribution >= 4 is 35.0 Å². The Hall–Kier alpha value is -1.88.